The van der Waals surface area contributed by atoms with E-state index < -0.39 is 29.9 Å². The molecular formula is C25H32N6O6. The largest absolute Gasteiger partial charge is 0.480 e. The molecule has 12 nitrogen and oxygen atoms in total. The van der Waals surface area contributed by atoms with Gasteiger partial charge < -0.3 is 36.0 Å². The number of aryl methyl sites for hydroxylation is 1. The number of hydrogen-bond donors (Lipinski definition) is 5. The number of fused-ring (bicyclic) bond motifs is 1. The Kier molecular flexibility index (Phi) is 8.88. The quantitative estimate of drug-likeness (QED) is 0.137. The molecule has 2 atom stereocenters. The van der Waals surface area contributed by atoms with Gasteiger partial charge >= 0.3 is 5.97 Å². The molecule has 2 heterocycles. The molecule has 0 saturated carbocycles. The van der Waals surface area contributed by atoms with E-state index in [1.165, 1.54) is 0 Å². The van der Waals surface area contributed by atoms with Gasteiger partial charge in [-0.1, -0.05) is 32.0 Å². The lowest BCUT2D eigenvalue weighted by molar-refractivity contribution is -0.139. The van der Waals surface area contributed by atoms with Gasteiger partial charge in [-0.15, -0.1) is 0 Å². The first kappa shape index (κ1) is 27.2. The highest BCUT2D eigenvalue weighted by atomic mass is 16.4. The minimum atomic E-state index is -1.20. The van der Waals surface area contributed by atoms with E-state index in [0.717, 1.165) is 5.39 Å². The van der Waals surface area contributed by atoms with E-state index in [-0.39, 0.29) is 47.9 Å². The van der Waals surface area contributed by atoms with Gasteiger partial charge in [0.25, 0.3) is 11.8 Å². The third-order valence-electron chi connectivity index (χ3n) is 5.54. The number of para-hydroxylation sites is 1. The fourth-order valence-corrected chi connectivity index (χ4v) is 3.78. The molecule has 0 aliphatic rings. The van der Waals surface area contributed by atoms with Crippen LogP contribution in [0.15, 0.2) is 44.2 Å². The van der Waals surface area contributed by atoms with E-state index >= 15 is 0 Å². The third-order valence-corrected chi connectivity index (χ3v) is 5.54. The number of nitrogens with one attached hydrogen (secondary N) is 2. The zero-order valence-electron chi connectivity index (χ0n) is 21.0. The Balaban J connectivity index is 1.75. The molecule has 0 aliphatic heterocycles. The van der Waals surface area contributed by atoms with E-state index in [1.807, 2.05) is 32.0 Å². The molecule has 12 heteroatoms. The van der Waals surface area contributed by atoms with Gasteiger partial charge in [-0.05, 0) is 44.2 Å². The summed E-state index contributed by atoms with van der Waals surface area (Å²) in [5.41, 5.74) is 11.1. The van der Waals surface area contributed by atoms with Gasteiger partial charge in [0.15, 0.2) is 17.4 Å². The fourth-order valence-electron chi connectivity index (χ4n) is 3.78. The molecule has 2 aromatic heterocycles. The molecule has 3 aromatic rings. The summed E-state index contributed by atoms with van der Waals surface area (Å²) in [6.07, 6.45) is 0.948. The maximum atomic E-state index is 12.9. The van der Waals surface area contributed by atoms with Crippen molar-refractivity contribution in [2.45, 2.75) is 52.1 Å². The highest BCUT2D eigenvalue weighted by Gasteiger charge is 2.28. The molecule has 3 rings (SSSR count). The van der Waals surface area contributed by atoms with Crippen LogP contribution in [0, 0.1) is 12.8 Å². The average molecular weight is 513 g/mol. The number of carbonyl (C=O) groups is 3. The summed E-state index contributed by atoms with van der Waals surface area (Å²) < 4.78 is 11.4. The topological polar surface area (TPSA) is 199 Å². The van der Waals surface area contributed by atoms with Gasteiger partial charge in [0.1, 0.15) is 23.4 Å². The summed E-state index contributed by atoms with van der Waals surface area (Å²) in [5.74, 6) is -1.80. The Morgan fingerprint density at radius 1 is 1.11 bits per heavy atom. The molecule has 0 radical (unpaired) electrons. The van der Waals surface area contributed by atoms with E-state index in [9.17, 15) is 19.5 Å². The first-order chi connectivity index (χ1) is 17.5. The molecule has 0 saturated heterocycles. The van der Waals surface area contributed by atoms with Crippen LogP contribution < -0.4 is 22.1 Å². The summed E-state index contributed by atoms with van der Waals surface area (Å²) in [4.78, 5) is 45.6. The predicted octanol–water partition coefficient (Wildman–Crippen LogP) is 2.48. The van der Waals surface area contributed by atoms with Crippen molar-refractivity contribution in [2.75, 3.05) is 6.54 Å². The number of aromatic nitrogens is 1. The molecule has 0 unspecified atom stereocenters. The van der Waals surface area contributed by atoms with E-state index in [0.29, 0.717) is 18.4 Å². The lowest BCUT2D eigenvalue weighted by Crippen LogP contribution is -2.41. The predicted molar refractivity (Wildman–Crippen MR) is 136 cm³/mol. The SMILES string of the molecule is Cc1oc([C@H](CC(C)C)NC(=O)c2cc3ccccc3o2)nc1C(=O)N[C@@H](CCCN=C(N)N)C(=O)O. The highest BCUT2D eigenvalue weighted by Crippen LogP contribution is 2.25. The smallest absolute Gasteiger partial charge is 0.326 e. The fraction of sp³-hybridized carbons (Fsp3) is 0.400. The van der Waals surface area contributed by atoms with Crippen molar-refractivity contribution in [3.8, 4) is 0 Å². The number of benzene rings is 1. The summed E-state index contributed by atoms with van der Waals surface area (Å²) >= 11 is 0. The van der Waals surface area contributed by atoms with E-state index in [4.69, 9.17) is 20.3 Å². The maximum Gasteiger partial charge on any atom is 0.326 e. The number of aliphatic imine (C=N–C) groups is 1. The maximum absolute atomic E-state index is 12.9. The summed E-state index contributed by atoms with van der Waals surface area (Å²) in [7, 11) is 0. The van der Waals surface area contributed by atoms with Crippen LogP contribution >= 0.6 is 0 Å². The summed E-state index contributed by atoms with van der Waals surface area (Å²) in [6.45, 7) is 5.73. The summed E-state index contributed by atoms with van der Waals surface area (Å²) in [6, 6.07) is 7.12. The number of oxazole rings is 1. The van der Waals surface area contributed by atoms with Crippen molar-refractivity contribution in [3.63, 3.8) is 0 Å². The molecular weight excluding hydrogens is 480 g/mol. The molecule has 37 heavy (non-hydrogen) atoms. The molecule has 2 amide bonds. The average Bonchev–Trinajstić information content (AvgIpc) is 3.43. The second-order valence-electron chi connectivity index (χ2n) is 9.07. The van der Waals surface area contributed by atoms with Crippen molar-refractivity contribution in [1.29, 1.82) is 0 Å². The number of hydrogen-bond acceptors (Lipinski definition) is 7. The third kappa shape index (κ3) is 7.32. The number of carboxylic acid groups (broad SMARTS) is 1. The second kappa shape index (κ2) is 12.1. The Hall–Kier alpha value is -4.35. The van der Waals surface area contributed by atoms with Crippen molar-refractivity contribution in [3.05, 3.63) is 53.4 Å². The molecule has 0 aliphatic carbocycles. The van der Waals surface area contributed by atoms with Gasteiger partial charge in [-0.3, -0.25) is 14.6 Å². The monoisotopic (exact) mass is 512 g/mol. The van der Waals surface area contributed by atoms with Crippen LogP contribution in [0.1, 0.15) is 71.8 Å². The van der Waals surface area contributed by atoms with Gasteiger partial charge in [0.05, 0.1) is 0 Å². The number of carbonyl (C=O) groups excluding carboxylic acids is 2. The number of aliphatic carboxylic acids is 1. The van der Waals surface area contributed by atoms with E-state index in [2.05, 4.69) is 20.6 Å². The number of amides is 2. The van der Waals surface area contributed by atoms with Crippen LogP contribution in [-0.2, 0) is 4.79 Å². The molecule has 198 valence electrons. The highest BCUT2D eigenvalue weighted by molar-refractivity contribution is 5.97. The number of furan rings is 1. The lowest BCUT2D eigenvalue weighted by Gasteiger charge is -2.17. The van der Waals surface area contributed by atoms with Crippen molar-refractivity contribution in [2.24, 2.45) is 22.4 Å². The van der Waals surface area contributed by atoms with Crippen LogP contribution in [0.5, 0.6) is 0 Å². The number of carboxylic acids is 1. The minimum absolute atomic E-state index is 0.0581. The number of guanidine groups is 1. The molecule has 1 aromatic carbocycles. The zero-order valence-corrected chi connectivity index (χ0v) is 21.0. The number of nitrogens with zero attached hydrogens (tertiary/aromatic N) is 2. The Labute approximate surface area is 213 Å². The van der Waals surface area contributed by atoms with Crippen LogP contribution in [0.4, 0.5) is 0 Å². The second-order valence-corrected chi connectivity index (χ2v) is 9.07. The zero-order chi connectivity index (χ0) is 27.1. The normalized spacial score (nSPS) is 12.8. The van der Waals surface area contributed by atoms with Gasteiger partial charge in [0, 0.05) is 11.9 Å². The standard InChI is InChI=1S/C25H32N6O6/c1-13(2)11-17(30-21(32)19-12-15-7-4-5-9-18(15)37-19)23-31-20(14(3)36-23)22(33)29-16(24(34)35)8-6-10-28-25(26)27/h4-5,7,9,12-13,16-17H,6,8,10-11H2,1-3H3,(H,29,33)(H,30,32)(H,34,35)(H4,26,27,28)/t16-,17-/m0/s1. The van der Waals surface area contributed by atoms with Crippen LogP contribution in [-0.4, -0.2) is 46.4 Å². The van der Waals surface area contributed by atoms with Crippen LogP contribution in [0.3, 0.4) is 0 Å². The van der Waals surface area contributed by atoms with Crippen molar-refractivity contribution < 1.29 is 28.3 Å². The Bertz CT molecular complexity index is 1260. The van der Waals surface area contributed by atoms with Gasteiger partial charge in [0.2, 0.25) is 5.89 Å². The molecule has 0 bridgehead atoms. The Morgan fingerprint density at radius 2 is 1.84 bits per heavy atom. The molecule has 7 N–H and O–H groups in total. The first-order valence-corrected chi connectivity index (χ1v) is 11.9. The molecule has 0 spiro atoms. The number of rotatable bonds is 12. The van der Waals surface area contributed by atoms with Gasteiger partial charge in [-0.25, -0.2) is 9.78 Å². The summed E-state index contributed by atoms with van der Waals surface area (Å²) in [5, 5.41) is 15.6. The lowest BCUT2D eigenvalue weighted by atomic mass is 10.0. The van der Waals surface area contributed by atoms with Crippen LogP contribution in [0.2, 0.25) is 0 Å². The van der Waals surface area contributed by atoms with Crippen molar-refractivity contribution in [1.82, 2.24) is 15.6 Å². The van der Waals surface area contributed by atoms with Crippen molar-refractivity contribution >= 4 is 34.7 Å². The molecule has 0 fully saturated rings. The van der Waals surface area contributed by atoms with E-state index in [1.54, 1.807) is 19.1 Å². The first-order valence-electron chi connectivity index (χ1n) is 11.9. The van der Waals surface area contributed by atoms with Crippen LogP contribution in [0.25, 0.3) is 11.0 Å². The Morgan fingerprint density at radius 3 is 2.49 bits per heavy atom. The minimum Gasteiger partial charge on any atom is -0.480 e. The van der Waals surface area contributed by atoms with Gasteiger partial charge in [-0.2, -0.15) is 0 Å². The number of nitrogens with two attached hydrogens (primary N) is 2.